The first kappa shape index (κ1) is 17.3. The summed E-state index contributed by atoms with van der Waals surface area (Å²) in [6.45, 7) is -0.462. The van der Waals surface area contributed by atoms with Crippen molar-refractivity contribution in [3.05, 3.63) is 35.9 Å². The molecule has 7 heteroatoms. The van der Waals surface area contributed by atoms with Gasteiger partial charge in [-0.3, -0.25) is 0 Å². The van der Waals surface area contributed by atoms with Crippen molar-refractivity contribution in [1.29, 1.82) is 0 Å². The topological polar surface area (TPSA) is 109 Å². The fourth-order valence-electron chi connectivity index (χ4n) is 2.11. The summed E-state index contributed by atoms with van der Waals surface area (Å²) < 4.78 is 16.3. The highest BCUT2D eigenvalue weighted by Crippen LogP contribution is 2.21. The van der Waals surface area contributed by atoms with E-state index in [1.54, 1.807) is 0 Å². The molecule has 1 aliphatic rings. The van der Waals surface area contributed by atoms with E-state index in [0.29, 0.717) is 0 Å². The number of rotatable bonds is 7. The molecule has 7 nitrogen and oxygen atoms in total. The summed E-state index contributed by atoms with van der Waals surface area (Å²) in [4.78, 5) is 0. The Morgan fingerprint density at radius 1 is 1.18 bits per heavy atom. The van der Waals surface area contributed by atoms with Gasteiger partial charge in [-0.15, -0.1) is 0 Å². The van der Waals surface area contributed by atoms with E-state index >= 15 is 0 Å². The lowest BCUT2D eigenvalue weighted by molar-refractivity contribution is -0.287. The smallest absolute Gasteiger partial charge is 0.186 e. The summed E-state index contributed by atoms with van der Waals surface area (Å²) in [5.74, 6) is 0. The van der Waals surface area contributed by atoms with Crippen LogP contribution in [0, 0.1) is 0 Å². The molecule has 22 heavy (non-hydrogen) atoms. The standard InChI is InChI=1S/C15H22O7/c16-6-11(17)8-21-15-14(13(19)12(18)9-22-15)20-7-10-4-2-1-3-5-10/h1-5,11-19H,6-9H2/t11-,12-,13+,14-,15+/m1/s1. The second-order valence-electron chi connectivity index (χ2n) is 5.19. The van der Waals surface area contributed by atoms with Gasteiger partial charge < -0.3 is 34.6 Å². The first-order valence-corrected chi connectivity index (χ1v) is 7.15. The second-order valence-corrected chi connectivity index (χ2v) is 5.19. The largest absolute Gasteiger partial charge is 0.394 e. The molecule has 124 valence electrons. The third kappa shape index (κ3) is 4.72. The Bertz CT molecular complexity index is 427. The molecule has 0 bridgehead atoms. The SMILES string of the molecule is OC[C@@H](O)CO[C@H]1OC[C@@H](O)[C@H](O)[C@H]1OCc1ccccc1. The van der Waals surface area contributed by atoms with Crippen molar-refractivity contribution in [1.82, 2.24) is 0 Å². The summed E-state index contributed by atoms with van der Waals surface area (Å²) in [6, 6.07) is 9.36. The summed E-state index contributed by atoms with van der Waals surface area (Å²) >= 11 is 0. The van der Waals surface area contributed by atoms with Crippen LogP contribution in [0.2, 0.25) is 0 Å². The molecule has 0 radical (unpaired) electrons. The lowest BCUT2D eigenvalue weighted by Gasteiger charge is -2.37. The van der Waals surface area contributed by atoms with Crippen molar-refractivity contribution in [2.45, 2.75) is 37.3 Å². The van der Waals surface area contributed by atoms with Gasteiger partial charge in [0.2, 0.25) is 0 Å². The molecule has 1 aromatic rings. The first-order valence-electron chi connectivity index (χ1n) is 7.15. The maximum atomic E-state index is 10.1. The van der Waals surface area contributed by atoms with Crippen LogP contribution in [-0.4, -0.2) is 71.0 Å². The fourth-order valence-corrected chi connectivity index (χ4v) is 2.11. The Balaban J connectivity index is 1.94. The van der Waals surface area contributed by atoms with E-state index in [9.17, 15) is 15.3 Å². The molecular weight excluding hydrogens is 292 g/mol. The third-order valence-corrected chi connectivity index (χ3v) is 3.38. The molecule has 1 aromatic carbocycles. The summed E-state index contributed by atoms with van der Waals surface area (Å²) in [7, 11) is 0. The highest BCUT2D eigenvalue weighted by atomic mass is 16.7. The van der Waals surface area contributed by atoms with Gasteiger partial charge in [0, 0.05) is 0 Å². The van der Waals surface area contributed by atoms with Crippen LogP contribution in [0.5, 0.6) is 0 Å². The monoisotopic (exact) mass is 314 g/mol. The van der Waals surface area contributed by atoms with E-state index in [2.05, 4.69) is 0 Å². The van der Waals surface area contributed by atoms with Crippen LogP contribution < -0.4 is 0 Å². The van der Waals surface area contributed by atoms with E-state index in [1.807, 2.05) is 30.3 Å². The lowest BCUT2D eigenvalue weighted by atomic mass is 10.1. The van der Waals surface area contributed by atoms with E-state index in [-0.39, 0.29) is 19.8 Å². The molecule has 1 fully saturated rings. The summed E-state index contributed by atoms with van der Waals surface area (Å²) in [5.41, 5.74) is 0.906. The Hall–Kier alpha value is -1.06. The van der Waals surface area contributed by atoms with Gasteiger partial charge in [-0.2, -0.15) is 0 Å². The van der Waals surface area contributed by atoms with Crippen molar-refractivity contribution >= 4 is 0 Å². The normalized spacial score (nSPS) is 30.2. The molecule has 0 spiro atoms. The quantitative estimate of drug-likeness (QED) is 0.512. The second kappa shape index (κ2) is 8.54. The minimum absolute atomic E-state index is 0.0910. The lowest BCUT2D eigenvalue weighted by Crippen LogP contribution is -2.55. The molecule has 5 atom stereocenters. The molecule has 1 saturated heterocycles. The molecule has 0 amide bonds. The Labute approximate surface area is 128 Å². The molecule has 4 N–H and O–H groups in total. The molecule has 2 rings (SSSR count). The number of aliphatic hydroxyl groups excluding tert-OH is 4. The molecule has 0 unspecified atom stereocenters. The summed E-state index contributed by atoms with van der Waals surface area (Å²) in [5, 5.41) is 37.9. The summed E-state index contributed by atoms with van der Waals surface area (Å²) in [6.07, 6.45) is -5.09. The maximum absolute atomic E-state index is 10.1. The van der Waals surface area contributed by atoms with Crippen LogP contribution in [-0.2, 0) is 20.8 Å². The van der Waals surface area contributed by atoms with Gasteiger partial charge in [-0.05, 0) is 5.56 Å². The fraction of sp³-hybridized carbons (Fsp3) is 0.600. The predicted molar refractivity (Wildman–Crippen MR) is 75.8 cm³/mol. The van der Waals surface area contributed by atoms with Crippen LogP contribution in [0.15, 0.2) is 30.3 Å². The Morgan fingerprint density at radius 2 is 1.91 bits per heavy atom. The number of hydrogen-bond acceptors (Lipinski definition) is 7. The number of ether oxygens (including phenoxy) is 3. The van der Waals surface area contributed by atoms with Crippen molar-refractivity contribution in [3.8, 4) is 0 Å². The van der Waals surface area contributed by atoms with Crippen LogP contribution >= 0.6 is 0 Å². The van der Waals surface area contributed by atoms with Gasteiger partial charge >= 0.3 is 0 Å². The van der Waals surface area contributed by atoms with Gasteiger partial charge in [0.15, 0.2) is 6.29 Å². The zero-order chi connectivity index (χ0) is 15.9. The highest BCUT2D eigenvalue weighted by Gasteiger charge is 2.40. The van der Waals surface area contributed by atoms with Crippen LogP contribution in [0.1, 0.15) is 5.56 Å². The molecule has 1 aliphatic heterocycles. The molecule has 0 aliphatic carbocycles. The average molecular weight is 314 g/mol. The maximum Gasteiger partial charge on any atom is 0.186 e. The van der Waals surface area contributed by atoms with Crippen LogP contribution in [0.4, 0.5) is 0 Å². The zero-order valence-corrected chi connectivity index (χ0v) is 12.1. The van der Waals surface area contributed by atoms with Gasteiger partial charge in [0.25, 0.3) is 0 Å². The number of benzene rings is 1. The van der Waals surface area contributed by atoms with Crippen molar-refractivity contribution in [2.75, 3.05) is 19.8 Å². The highest BCUT2D eigenvalue weighted by molar-refractivity contribution is 5.13. The van der Waals surface area contributed by atoms with E-state index in [0.717, 1.165) is 5.56 Å². The molecule has 1 heterocycles. The number of hydrogen-bond donors (Lipinski definition) is 4. The van der Waals surface area contributed by atoms with Crippen LogP contribution in [0.25, 0.3) is 0 Å². The van der Waals surface area contributed by atoms with Gasteiger partial charge in [0.1, 0.15) is 24.4 Å². The minimum Gasteiger partial charge on any atom is -0.394 e. The number of aliphatic hydroxyl groups is 4. The minimum atomic E-state index is -1.16. The van der Waals surface area contributed by atoms with E-state index < -0.39 is 37.3 Å². The van der Waals surface area contributed by atoms with Crippen molar-refractivity contribution in [3.63, 3.8) is 0 Å². The van der Waals surface area contributed by atoms with E-state index in [1.165, 1.54) is 0 Å². The Morgan fingerprint density at radius 3 is 2.59 bits per heavy atom. The Kier molecular flexibility index (Phi) is 6.71. The van der Waals surface area contributed by atoms with Crippen molar-refractivity contribution in [2.24, 2.45) is 0 Å². The zero-order valence-electron chi connectivity index (χ0n) is 12.1. The van der Waals surface area contributed by atoms with E-state index in [4.69, 9.17) is 19.3 Å². The van der Waals surface area contributed by atoms with Crippen LogP contribution in [0.3, 0.4) is 0 Å². The predicted octanol–water partition coefficient (Wildman–Crippen LogP) is -0.980. The van der Waals surface area contributed by atoms with Gasteiger partial charge in [0.05, 0.1) is 26.4 Å². The third-order valence-electron chi connectivity index (χ3n) is 3.38. The van der Waals surface area contributed by atoms with Gasteiger partial charge in [-0.1, -0.05) is 30.3 Å². The average Bonchev–Trinajstić information content (AvgIpc) is 2.55. The molecular formula is C15H22O7. The molecule has 0 saturated carbocycles. The molecule has 0 aromatic heterocycles. The van der Waals surface area contributed by atoms with Crippen molar-refractivity contribution < 1.29 is 34.6 Å². The van der Waals surface area contributed by atoms with Gasteiger partial charge in [-0.25, -0.2) is 0 Å². The first-order chi connectivity index (χ1) is 10.6.